The van der Waals surface area contributed by atoms with E-state index >= 15 is 0 Å². The van der Waals surface area contributed by atoms with E-state index in [0.29, 0.717) is 54.6 Å². The van der Waals surface area contributed by atoms with Gasteiger partial charge in [-0.2, -0.15) is 13.2 Å². The average molecular weight is 509 g/mol. The molecule has 2 aromatic heterocycles. The zero-order valence-electron chi connectivity index (χ0n) is 20.5. The lowest BCUT2D eigenvalue weighted by molar-refractivity contribution is -0.137. The van der Waals surface area contributed by atoms with Gasteiger partial charge < -0.3 is 25.6 Å². The molecular weight excluding hydrogens is 481 g/mol. The maximum absolute atomic E-state index is 14.1. The highest BCUT2D eigenvalue weighted by atomic mass is 19.4. The van der Waals surface area contributed by atoms with Crippen LogP contribution in [-0.2, 0) is 6.18 Å². The molecule has 4 aromatic rings. The van der Waals surface area contributed by atoms with Crippen molar-refractivity contribution in [2.45, 2.75) is 6.18 Å². The molecule has 0 saturated carbocycles. The van der Waals surface area contributed by atoms with Gasteiger partial charge in [0.1, 0.15) is 0 Å². The minimum absolute atomic E-state index is 0.197. The Balaban J connectivity index is 1.57. The molecule has 0 unspecified atom stereocenters. The van der Waals surface area contributed by atoms with E-state index in [1.54, 1.807) is 49.7 Å². The van der Waals surface area contributed by atoms with E-state index in [-0.39, 0.29) is 5.69 Å². The van der Waals surface area contributed by atoms with Crippen molar-refractivity contribution in [3.63, 3.8) is 0 Å². The number of halogens is 3. The highest BCUT2D eigenvalue weighted by Crippen LogP contribution is 2.41. The molecule has 0 bridgehead atoms. The fraction of sp³-hybridized carbons (Fsp3) is 0.259. The Morgan fingerprint density at radius 1 is 0.946 bits per heavy atom. The molecule has 1 saturated heterocycles. The van der Waals surface area contributed by atoms with Gasteiger partial charge in [0.15, 0.2) is 0 Å². The second-order valence-corrected chi connectivity index (χ2v) is 8.71. The van der Waals surface area contributed by atoms with Crippen LogP contribution in [0.5, 0.6) is 5.88 Å². The first-order valence-corrected chi connectivity index (χ1v) is 11.9. The van der Waals surface area contributed by atoms with Crippen molar-refractivity contribution in [2.75, 3.05) is 55.9 Å². The van der Waals surface area contributed by atoms with Gasteiger partial charge in [0.2, 0.25) is 5.88 Å². The molecule has 0 atom stereocenters. The number of anilines is 4. The van der Waals surface area contributed by atoms with E-state index in [1.165, 1.54) is 6.07 Å². The van der Waals surface area contributed by atoms with Crippen LogP contribution in [-0.4, -0.2) is 50.3 Å². The van der Waals surface area contributed by atoms with Crippen LogP contribution in [0.4, 0.5) is 35.9 Å². The Bertz CT molecular complexity index is 1400. The van der Waals surface area contributed by atoms with Crippen molar-refractivity contribution in [3.05, 3.63) is 66.5 Å². The first-order chi connectivity index (χ1) is 17.9. The minimum Gasteiger partial charge on any atom is -0.481 e. The van der Waals surface area contributed by atoms with Gasteiger partial charge in [0, 0.05) is 67.8 Å². The largest absolute Gasteiger partial charge is 0.481 e. The standard InChI is InChI=1S/C27H27F3N6O/c1-31-23-16-33-22-6-3-17(18-4-8-25(37-2)34-15-18)13-20(22)26(23)35-19-5-7-24(21(14-19)27(28,29)30)36-11-9-32-10-12-36/h3-8,13-16,31-32H,9-12H2,1-2H3,(H,33,35). The number of aromatic nitrogens is 2. The van der Waals surface area contributed by atoms with Crippen molar-refractivity contribution in [1.82, 2.24) is 15.3 Å². The zero-order valence-corrected chi connectivity index (χ0v) is 20.5. The highest BCUT2D eigenvalue weighted by molar-refractivity contribution is 6.01. The third kappa shape index (κ3) is 5.10. The van der Waals surface area contributed by atoms with E-state index in [1.807, 2.05) is 24.3 Å². The second kappa shape index (κ2) is 10.1. The molecule has 1 fully saturated rings. The minimum atomic E-state index is -4.49. The number of nitrogens with one attached hydrogen (secondary N) is 3. The van der Waals surface area contributed by atoms with Gasteiger partial charge in [-0.05, 0) is 42.0 Å². The van der Waals surface area contributed by atoms with Gasteiger partial charge in [0.25, 0.3) is 0 Å². The number of piperazine rings is 1. The topological polar surface area (TPSA) is 74.3 Å². The Morgan fingerprint density at radius 3 is 2.41 bits per heavy atom. The van der Waals surface area contributed by atoms with Crippen molar-refractivity contribution < 1.29 is 17.9 Å². The third-order valence-electron chi connectivity index (χ3n) is 6.45. The third-order valence-corrected chi connectivity index (χ3v) is 6.45. The summed E-state index contributed by atoms with van der Waals surface area (Å²) in [7, 11) is 3.31. The molecule has 0 radical (unpaired) electrons. The maximum atomic E-state index is 14.1. The molecule has 5 rings (SSSR count). The van der Waals surface area contributed by atoms with Gasteiger partial charge in [-0.15, -0.1) is 0 Å². The van der Waals surface area contributed by atoms with Gasteiger partial charge in [-0.25, -0.2) is 4.98 Å². The van der Waals surface area contributed by atoms with Crippen LogP contribution in [0.1, 0.15) is 5.56 Å². The van der Waals surface area contributed by atoms with Crippen molar-refractivity contribution in [2.24, 2.45) is 0 Å². The molecular formula is C27H27F3N6O. The predicted molar refractivity (Wildman–Crippen MR) is 141 cm³/mol. The lowest BCUT2D eigenvalue weighted by atomic mass is 10.0. The molecule has 37 heavy (non-hydrogen) atoms. The number of hydrogen-bond donors (Lipinski definition) is 3. The van der Waals surface area contributed by atoms with Gasteiger partial charge in [0.05, 0.1) is 35.8 Å². The van der Waals surface area contributed by atoms with Gasteiger partial charge >= 0.3 is 6.18 Å². The number of alkyl halides is 3. The summed E-state index contributed by atoms with van der Waals surface area (Å²) in [6, 6.07) is 13.9. The lowest BCUT2D eigenvalue weighted by Gasteiger charge is -2.32. The first kappa shape index (κ1) is 24.6. The number of ether oxygens (including phenoxy) is 1. The predicted octanol–water partition coefficient (Wildman–Crippen LogP) is 5.52. The first-order valence-electron chi connectivity index (χ1n) is 11.9. The van der Waals surface area contributed by atoms with E-state index < -0.39 is 11.7 Å². The van der Waals surface area contributed by atoms with E-state index in [2.05, 4.69) is 25.9 Å². The highest BCUT2D eigenvalue weighted by Gasteiger charge is 2.35. The van der Waals surface area contributed by atoms with Crippen molar-refractivity contribution >= 4 is 33.7 Å². The molecule has 3 heterocycles. The smallest absolute Gasteiger partial charge is 0.418 e. The number of fused-ring (bicyclic) bond motifs is 1. The summed E-state index contributed by atoms with van der Waals surface area (Å²) < 4.78 is 47.5. The molecule has 10 heteroatoms. The van der Waals surface area contributed by atoms with Crippen molar-refractivity contribution in [3.8, 4) is 17.0 Å². The molecule has 3 N–H and O–H groups in total. The van der Waals surface area contributed by atoms with E-state index in [0.717, 1.165) is 16.5 Å². The molecule has 2 aromatic carbocycles. The van der Waals surface area contributed by atoms with Gasteiger partial charge in [-0.1, -0.05) is 6.07 Å². The fourth-order valence-corrected chi connectivity index (χ4v) is 4.53. The molecule has 0 aliphatic carbocycles. The Labute approximate surface area is 212 Å². The maximum Gasteiger partial charge on any atom is 0.418 e. The summed E-state index contributed by atoms with van der Waals surface area (Å²) in [5, 5.41) is 10.3. The number of methoxy groups -OCH3 is 1. The average Bonchev–Trinajstić information content (AvgIpc) is 2.93. The van der Waals surface area contributed by atoms with Crippen LogP contribution >= 0.6 is 0 Å². The summed E-state index contributed by atoms with van der Waals surface area (Å²) in [5.74, 6) is 0.510. The van der Waals surface area contributed by atoms with Crippen molar-refractivity contribution in [1.29, 1.82) is 0 Å². The molecule has 1 aliphatic rings. The van der Waals surface area contributed by atoms with Crippen LogP contribution in [0.3, 0.4) is 0 Å². The summed E-state index contributed by atoms with van der Waals surface area (Å²) in [6.07, 6.45) is -1.11. The molecule has 7 nitrogen and oxygen atoms in total. The normalized spacial score (nSPS) is 14.0. The Kier molecular flexibility index (Phi) is 6.75. The van der Waals surface area contributed by atoms with Gasteiger partial charge in [-0.3, -0.25) is 4.98 Å². The fourth-order valence-electron chi connectivity index (χ4n) is 4.53. The van der Waals surface area contributed by atoms with Crippen LogP contribution in [0.25, 0.3) is 22.0 Å². The molecule has 1 aliphatic heterocycles. The van der Waals surface area contributed by atoms with E-state index in [4.69, 9.17) is 4.74 Å². The number of nitrogens with zero attached hydrogens (tertiary/aromatic N) is 3. The monoisotopic (exact) mass is 508 g/mol. The number of benzene rings is 2. The summed E-state index contributed by atoms with van der Waals surface area (Å²) >= 11 is 0. The Morgan fingerprint density at radius 2 is 1.73 bits per heavy atom. The second-order valence-electron chi connectivity index (χ2n) is 8.71. The van der Waals surface area contributed by atoms with Crippen LogP contribution in [0, 0.1) is 0 Å². The molecule has 192 valence electrons. The Hall–Kier alpha value is -4.05. The quantitative estimate of drug-likeness (QED) is 0.317. The summed E-state index contributed by atoms with van der Waals surface area (Å²) in [4.78, 5) is 10.6. The number of hydrogen-bond acceptors (Lipinski definition) is 7. The zero-order chi connectivity index (χ0) is 26.0. The lowest BCUT2D eigenvalue weighted by Crippen LogP contribution is -2.44. The van der Waals surface area contributed by atoms with Crippen LogP contribution in [0.2, 0.25) is 0 Å². The SMILES string of the molecule is CNc1cnc2ccc(-c3ccc(OC)nc3)cc2c1Nc1ccc(N2CCNCC2)c(C(F)(F)F)c1. The summed E-state index contributed by atoms with van der Waals surface area (Å²) in [5.41, 5.74) is 3.66. The number of pyridine rings is 2. The van der Waals surface area contributed by atoms with E-state index in [9.17, 15) is 13.2 Å². The molecule has 0 spiro atoms. The summed E-state index contributed by atoms with van der Waals surface area (Å²) in [6.45, 7) is 2.35. The van der Waals surface area contributed by atoms with Crippen LogP contribution in [0.15, 0.2) is 60.9 Å². The molecule has 0 amide bonds. The number of rotatable bonds is 6. The van der Waals surface area contributed by atoms with Crippen LogP contribution < -0.4 is 25.6 Å².